The van der Waals surface area contributed by atoms with Crippen molar-refractivity contribution in [2.75, 3.05) is 27.2 Å². The van der Waals surface area contributed by atoms with Gasteiger partial charge in [-0.05, 0) is 38.9 Å². The van der Waals surface area contributed by atoms with Crippen molar-refractivity contribution < 1.29 is 9.53 Å². The van der Waals surface area contributed by atoms with E-state index in [0.29, 0.717) is 5.92 Å². The highest BCUT2D eigenvalue weighted by atomic mass is 16.5. The number of rotatable bonds is 4. The van der Waals surface area contributed by atoms with Crippen molar-refractivity contribution in [1.82, 2.24) is 10.6 Å². The lowest BCUT2D eigenvalue weighted by Gasteiger charge is -2.07. The zero-order valence-corrected chi connectivity index (χ0v) is 8.30. The molecular weight excluding hydrogens is 168 g/mol. The molecule has 4 heteroatoms. The van der Waals surface area contributed by atoms with E-state index in [4.69, 9.17) is 0 Å². The van der Waals surface area contributed by atoms with Crippen LogP contribution in [0.3, 0.4) is 0 Å². The molecule has 2 unspecified atom stereocenters. The Hall–Kier alpha value is -0.610. The van der Waals surface area contributed by atoms with E-state index in [1.165, 1.54) is 7.11 Å². The molecule has 0 amide bonds. The third kappa shape index (κ3) is 2.97. The zero-order valence-electron chi connectivity index (χ0n) is 8.30. The molecule has 1 aliphatic rings. The van der Waals surface area contributed by atoms with Gasteiger partial charge in [0.25, 0.3) is 0 Å². The van der Waals surface area contributed by atoms with Crippen LogP contribution in [0.25, 0.3) is 0 Å². The standard InChI is InChI=1S/C9H18N2O2/c1-10-4-3-7-5-8(11-6-7)9(12)13-2/h7-8,10-11H,3-6H2,1-2H3. The quantitative estimate of drug-likeness (QED) is 0.594. The number of hydrogen-bond donors (Lipinski definition) is 2. The number of carbonyl (C=O) groups excluding carboxylic acids is 1. The van der Waals surface area contributed by atoms with Crippen molar-refractivity contribution in [3.05, 3.63) is 0 Å². The first kappa shape index (κ1) is 10.5. The first-order valence-corrected chi connectivity index (χ1v) is 4.73. The van der Waals surface area contributed by atoms with Gasteiger partial charge in [0, 0.05) is 0 Å². The molecular formula is C9H18N2O2. The number of carbonyl (C=O) groups is 1. The number of ether oxygens (including phenoxy) is 1. The van der Waals surface area contributed by atoms with Gasteiger partial charge in [0.05, 0.1) is 7.11 Å². The van der Waals surface area contributed by atoms with Crippen molar-refractivity contribution in [3.8, 4) is 0 Å². The average molecular weight is 186 g/mol. The molecule has 0 radical (unpaired) electrons. The largest absolute Gasteiger partial charge is 0.468 e. The highest BCUT2D eigenvalue weighted by Gasteiger charge is 2.29. The van der Waals surface area contributed by atoms with Gasteiger partial charge in [-0.25, -0.2) is 0 Å². The molecule has 1 aliphatic heterocycles. The van der Waals surface area contributed by atoms with Crippen molar-refractivity contribution in [3.63, 3.8) is 0 Å². The van der Waals surface area contributed by atoms with Crippen LogP contribution in [0.5, 0.6) is 0 Å². The Labute approximate surface area is 79.0 Å². The van der Waals surface area contributed by atoms with Gasteiger partial charge in [-0.1, -0.05) is 0 Å². The lowest BCUT2D eigenvalue weighted by atomic mass is 10.0. The fourth-order valence-corrected chi connectivity index (χ4v) is 1.70. The third-order valence-electron chi connectivity index (χ3n) is 2.51. The highest BCUT2D eigenvalue weighted by Crippen LogP contribution is 2.17. The van der Waals surface area contributed by atoms with Gasteiger partial charge in [-0.15, -0.1) is 0 Å². The minimum Gasteiger partial charge on any atom is -0.468 e. The summed E-state index contributed by atoms with van der Waals surface area (Å²) >= 11 is 0. The van der Waals surface area contributed by atoms with E-state index in [0.717, 1.165) is 25.9 Å². The lowest BCUT2D eigenvalue weighted by Crippen LogP contribution is -2.31. The lowest BCUT2D eigenvalue weighted by molar-refractivity contribution is -0.142. The van der Waals surface area contributed by atoms with Crippen molar-refractivity contribution in [1.29, 1.82) is 0 Å². The molecule has 1 heterocycles. The molecule has 1 fully saturated rings. The second kappa shape index (κ2) is 5.19. The molecule has 0 aliphatic carbocycles. The number of esters is 1. The Kier molecular flexibility index (Phi) is 4.18. The third-order valence-corrected chi connectivity index (χ3v) is 2.51. The van der Waals surface area contributed by atoms with Gasteiger partial charge < -0.3 is 15.4 Å². The van der Waals surface area contributed by atoms with Gasteiger partial charge in [0.2, 0.25) is 0 Å². The summed E-state index contributed by atoms with van der Waals surface area (Å²) in [4.78, 5) is 11.1. The number of methoxy groups -OCH3 is 1. The Balaban J connectivity index is 2.23. The first-order chi connectivity index (χ1) is 6.27. The van der Waals surface area contributed by atoms with E-state index in [-0.39, 0.29) is 12.0 Å². The first-order valence-electron chi connectivity index (χ1n) is 4.73. The fourth-order valence-electron chi connectivity index (χ4n) is 1.70. The van der Waals surface area contributed by atoms with Crippen LogP contribution >= 0.6 is 0 Å². The molecule has 0 saturated carbocycles. The van der Waals surface area contributed by atoms with Crippen LogP contribution < -0.4 is 10.6 Å². The summed E-state index contributed by atoms with van der Waals surface area (Å²) in [5.41, 5.74) is 0. The van der Waals surface area contributed by atoms with E-state index in [1.54, 1.807) is 0 Å². The van der Waals surface area contributed by atoms with Crippen LogP contribution in [-0.4, -0.2) is 39.3 Å². The number of hydrogen-bond acceptors (Lipinski definition) is 4. The number of nitrogens with one attached hydrogen (secondary N) is 2. The van der Waals surface area contributed by atoms with Crippen LogP contribution in [0.2, 0.25) is 0 Å². The van der Waals surface area contributed by atoms with Gasteiger partial charge in [0.15, 0.2) is 0 Å². The molecule has 0 bridgehead atoms. The summed E-state index contributed by atoms with van der Waals surface area (Å²) in [6.07, 6.45) is 2.03. The summed E-state index contributed by atoms with van der Waals surface area (Å²) in [7, 11) is 3.38. The molecule has 2 N–H and O–H groups in total. The molecule has 0 aromatic rings. The minimum absolute atomic E-state index is 0.0770. The summed E-state index contributed by atoms with van der Waals surface area (Å²) < 4.78 is 4.67. The normalized spacial score (nSPS) is 27.5. The van der Waals surface area contributed by atoms with Crippen molar-refractivity contribution in [2.45, 2.75) is 18.9 Å². The van der Waals surface area contributed by atoms with E-state index >= 15 is 0 Å². The van der Waals surface area contributed by atoms with Crippen LogP contribution in [0, 0.1) is 5.92 Å². The molecule has 4 nitrogen and oxygen atoms in total. The van der Waals surface area contributed by atoms with E-state index in [9.17, 15) is 4.79 Å². The monoisotopic (exact) mass is 186 g/mol. The summed E-state index contributed by atoms with van der Waals surface area (Å²) in [6, 6.07) is -0.0770. The summed E-state index contributed by atoms with van der Waals surface area (Å²) in [5.74, 6) is 0.475. The Morgan fingerprint density at radius 1 is 1.69 bits per heavy atom. The maximum Gasteiger partial charge on any atom is 0.322 e. The van der Waals surface area contributed by atoms with Crippen molar-refractivity contribution >= 4 is 5.97 Å². The van der Waals surface area contributed by atoms with Crippen LogP contribution in [-0.2, 0) is 9.53 Å². The predicted molar refractivity (Wildman–Crippen MR) is 50.5 cm³/mol. The summed E-state index contributed by atoms with van der Waals surface area (Å²) in [6.45, 7) is 1.95. The van der Waals surface area contributed by atoms with Crippen LogP contribution in [0.1, 0.15) is 12.8 Å². The maximum absolute atomic E-state index is 11.1. The molecule has 0 spiro atoms. The SMILES string of the molecule is CNCCC1CNC(C(=O)OC)C1. The Morgan fingerprint density at radius 3 is 3.08 bits per heavy atom. The molecule has 0 aromatic heterocycles. The smallest absolute Gasteiger partial charge is 0.322 e. The molecule has 0 aromatic carbocycles. The van der Waals surface area contributed by atoms with Gasteiger partial charge >= 0.3 is 5.97 Å². The van der Waals surface area contributed by atoms with Gasteiger partial charge in [0.1, 0.15) is 6.04 Å². The van der Waals surface area contributed by atoms with Gasteiger partial charge in [-0.2, -0.15) is 0 Å². The van der Waals surface area contributed by atoms with Crippen molar-refractivity contribution in [2.24, 2.45) is 5.92 Å². The average Bonchev–Trinajstić information content (AvgIpc) is 2.62. The molecule has 76 valence electrons. The predicted octanol–water partition coefficient (Wildman–Crippen LogP) is -0.253. The second-order valence-corrected chi connectivity index (χ2v) is 3.48. The fraction of sp³-hybridized carbons (Fsp3) is 0.889. The molecule has 1 rings (SSSR count). The topological polar surface area (TPSA) is 50.4 Å². The Bertz CT molecular complexity index is 173. The molecule has 13 heavy (non-hydrogen) atoms. The molecule has 1 saturated heterocycles. The van der Waals surface area contributed by atoms with E-state index < -0.39 is 0 Å². The van der Waals surface area contributed by atoms with Crippen LogP contribution in [0.15, 0.2) is 0 Å². The maximum atomic E-state index is 11.1. The second-order valence-electron chi connectivity index (χ2n) is 3.48. The highest BCUT2D eigenvalue weighted by molar-refractivity contribution is 5.75. The molecule has 2 atom stereocenters. The zero-order chi connectivity index (χ0) is 9.68. The minimum atomic E-state index is -0.132. The van der Waals surface area contributed by atoms with E-state index in [1.807, 2.05) is 7.05 Å². The summed E-state index contributed by atoms with van der Waals surface area (Å²) in [5, 5.41) is 6.27. The van der Waals surface area contributed by atoms with Crippen LogP contribution in [0.4, 0.5) is 0 Å². The Morgan fingerprint density at radius 2 is 2.46 bits per heavy atom. The van der Waals surface area contributed by atoms with E-state index in [2.05, 4.69) is 15.4 Å². The van der Waals surface area contributed by atoms with Gasteiger partial charge in [-0.3, -0.25) is 4.79 Å².